The monoisotopic (exact) mass is 424 g/mol. The SMILES string of the molecule is COC(=O)/C=C1/S/C(=N\N=Cc2ccc(N(C)c3ccc(OC)cc3)cc2)NC1=O. The van der Waals surface area contributed by atoms with Gasteiger partial charge in [0.1, 0.15) is 5.75 Å². The fourth-order valence-electron chi connectivity index (χ4n) is 2.53. The van der Waals surface area contributed by atoms with Gasteiger partial charge in [-0.1, -0.05) is 12.1 Å². The first kappa shape index (κ1) is 21.1. The van der Waals surface area contributed by atoms with Gasteiger partial charge in [0.25, 0.3) is 5.91 Å². The van der Waals surface area contributed by atoms with Crippen LogP contribution in [0.3, 0.4) is 0 Å². The number of thioether (sulfide) groups is 1. The molecule has 1 aliphatic rings. The van der Waals surface area contributed by atoms with Crippen molar-refractivity contribution in [2.45, 2.75) is 0 Å². The number of methoxy groups -OCH3 is 2. The maximum atomic E-state index is 11.8. The van der Waals surface area contributed by atoms with Crippen LogP contribution >= 0.6 is 11.8 Å². The highest BCUT2D eigenvalue weighted by Gasteiger charge is 2.24. The number of carbonyl (C=O) groups excluding carboxylic acids is 2. The van der Waals surface area contributed by atoms with E-state index in [0.717, 1.165) is 40.5 Å². The van der Waals surface area contributed by atoms with Crippen LogP contribution in [-0.4, -0.2) is 44.5 Å². The number of nitrogens with zero attached hydrogens (tertiary/aromatic N) is 3. The number of esters is 1. The molecule has 0 bridgehead atoms. The standard InChI is InChI=1S/C21H20N4O4S/c1-25(16-8-10-17(28-2)11-9-16)15-6-4-14(5-7-15)13-22-24-21-23-20(27)18(30-21)12-19(26)29-3/h4-13H,1-3H3,(H,23,24,27)/b18-12+,22-13?. The van der Waals surface area contributed by atoms with Crippen molar-refractivity contribution in [3.05, 3.63) is 65.1 Å². The number of hydrogen-bond donors (Lipinski definition) is 1. The van der Waals surface area contributed by atoms with Gasteiger partial charge < -0.3 is 14.4 Å². The smallest absolute Gasteiger partial charge is 0.331 e. The van der Waals surface area contributed by atoms with Crippen LogP contribution in [0.15, 0.2) is 69.7 Å². The zero-order valence-electron chi connectivity index (χ0n) is 16.7. The Bertz CT molecular complexity index is 1010. The Morgan fingerprint density at radius 3 is 2.30 bits per heavy atom. The number of nitrogens with one attached hydrogen (secondary N) is 1. The van der Waals surface area contributed by atoms with E-state index in [1.54, 1.807) is 13.3 Å². The van der Waals surface area contributed by atoms with Crippen LogP contribution in [-0.2, 0) is 14.3 Å². The van der Waals surface area contributed by atoms with Gasteiger partial charge in [0, 0.05) is 24.5 Å². The molecule has 2 aromatic rings. The maximum Gasteiger partial charge on any atom is 0.331 e. The second-order valence-corrected chi connectivity index (χ2v) is 7.12. The van der Waals surface area contributed by atoms with Gasteiger partial charge in [-0.2, -0.15) is 5.10 Å². The summed E-state index contributed by atoms with van der Waals surface area (Å²) in [4.78, 5) is 25.3. The van der Waals surface area contributed by atoms with Gasteiger partial charge in [-0.25, -0.2) is 4.79 Å². The van der Waals surface area contributed by atoms with Crippen LogP contribution in [0, 0.1) is 0 Å². The second-order valence-electron chi connectivity index (χ2n) is 6.09. The number of amides is 1. The Kier molecular flexibility index (Phi) is 6.87. The molecule has 0 aliphatic carbocycles. The predicted molar refractivity (Wildman–Crippen MR) is 118 cm³/mol. The third-order valence-electron chi connectivity index (χ3n) is 4.20. The van der Waals surface area contributed by atoms with E-state index in [0.29, 0.717) is 5.17 Å². The van der Waals surface area contributed by atoms with Gasteiger partial charge >= 0.3 is 5.97 Å². The number of ether oxygens (including phenoxy) is 2. The molecule has 2 aromatic carbocycles. The van der Waals surface area contributed by atoms with Crippen molar-refractivity contribution in [2.75, 3.05) is 26.2 Å². The quantitative estimate of drug-likeness (QED) is 0.332. The molecule has 0 saturated carbocycles. The van der Waals surface area contributed by atoms with Gasteiger partial charge in [-0.05, 0) is 53.7 Å². The second kappa shape index (κ2) is 9.75. The minimum atomic E-state index is -0.600. The zero-order valence-corrected chi connectivity index (χ0v) is 17.5. The number of hydrogen-bond acceptors (Lipinski definition) is 8. The molecule has 1 fully saturated rings. The van der Waals surface area contributed by atoms with E-state index < -0.39 is 11.9 Å². The van der Waals surface area contributed by atoms with E-state index in [2.05, 4.69) is 25.2 Å². The molecule has 30 heavy (non-hydrogen) atoms. The molecule has 9 heteroatoms. The molecule has 1 N–H and O–H groups in total. The summed E-state index contributed by atoms with van der Waals surface area (Å²) in [6.07, 6.45) is 2.70. The summed E-state index contributed by atoms with van der Waals surface area (Å²) in [5.41, 5.74) is 2.90. The molecule has 8 nitrogen and oxygen atoms in total. The number of carbonyl (C=O) groups is 2. The first-order valence-electron chi connectivity index (χ1n) is 8.88. The van der Waals surface area contributed by atoms with Crippen molar-refractivity contribution in [1.29, 1.82) is 0 Å². The molecule has 1 saturated heterocycles. The molecule has 0 spiro atoms. The van der Waals surface area contributed by atoms with Crippen molar-refractivity contribution in [3.63, 3.8) is 0 Å². The van der Waals surface area contributed by atoms with Gasteiger partial charge in [0.05, 0.1) is 25.3 Å². The minimum Gasteiger partial charge on any atom is -0.497 e. The van der Waals surface area contributed by atoms with E-state index in [9.17, 15) is 9.59 Å². The molecular weight excluding hydrogens is 404 g/mol. The van der Waals surface area contributed by atoms with Crippen molar-refractivity contribution < 1.29 is 19.1 Å². The van der Waals surface area contributed by atoms with Crippen molar-refractivity contribution >= 4 is 46.4 Å². The molecule has 0 aromatic heterocycles. The fraction of sp³-hybridized carbons (Fsp3) is 0.143. The summed E-state index contributed by atoms with van der Waals surface area (Å²) in [6.45, 7) is 0. The topological polar surface area (TPSA) is 92.6 Å². The molecule has 3 rings (SSSR count). The van der Waals surface area contributed by atoms with Crippen LogP contribution in [0.25, 0.3) is 0 Å². The lowest BCUT2D eigenvalue weighted by molar-refractivity contribution is -0.135. The number of anilines is 2. The lowest BCUT2D eigenvalue weighted by Gasteiger charge is -2.19. The van der Waals surface area contributed by atoms with Crippen LogP contribution in [0.5, 0.6) is 5.75 Å². The summed E-state index contributed by atoms with van der Waals surface area (Å²) in [7, 11) is 4.87. The molecule has 154 valence electrons. The average molecular weight is 424 g/mol. The molecule has 0 unspecified atom stereocenters. The van der Waals surface area contributed by atoms with Crippen LogP contribution in [0.4, 0.5) is 11.4 Å². The molecule has 0 atom stereocenters. The van der Waals surface area contributed by atoms with Crippen LogP contribution < -0.4 is 15.0 Å². The summed E-state index contributed by atoms with van der Waals surface area (Å²) >= 11 is 1.02. The van der Waals surface area contributed by atoms with Gasteiger partial charge in [0.2, 0.25) is 0 Å². The Labute approximate surface area is 178 Å². The van der Waals surface area contributed by atoms with Crippen LogP contribution in [0.1, 0.15) is 5.56 Å². The van der Waals surface area contributed by atoms with Crippen molar-refractivity contribution in [2.24, 2.45) is 10.2 Å². The van der Waals surface area contributed by atoms with Crippen LogP contribution in [0.2, 0.25) is 0 Å². The predicted octanol–water partition coefficient (Wildman–Crippen LogP) is 3.07. The highest BCUT2D eigenvalue weighted by atomic mass is 32.2. The molecule has 1 heterocycles. The first-order valence-corrected chi connectivity index (χ1v) is 9.69. The number of benzene rings is 2. The largest absolute Gasteiger partial charge is 0.497 e. The summed E-state index contributed by atoms with van der Waals surface area (Å²) < 4.78 is 9.70. The number of rotatable bonds is 6. The normalized spacial score (nSPS) is 16.2. The molecular formula is C21H20N4O4S. The average Bonchev–Trinajstić information content (AvgIpc) is 3.12. The molecule has 0 radical (unpaired) electrons. The van der Waals surface area contributed by atoms with E-state index in [4.69, 9.17) is 4.74 Å². The minimum absolute atomic E-state index is 0.210. The third kappa shape index (κ3) is 5.26. The summed E-state index contributed by atoms with van der Waals surface area (Å²) in [5.74, 6) is -0.202. The summed E-state index contributed by atoms with van der Waals surface area (Å²) in [6, 6.07) is 15.6. The van der Waals surface area contributed by atoms with Crippen molar-refractivity contribution in [3.8, 4) is 5.75 Å². The third-order valence-corrected chi connectivity index (χ3v) is 5.10. The fourth-order valence-corrected chi connectivity index (χ4v) is 3.27. The Balaban J connectivity index is 1.63. The first-order chi connectivity index (χ1) is 14.5. The van der Waals surface area contributed by atoms with E-state index in [1.807, 2.05) is 55.6 Å². The van der Waals surface area contributed by atoms with E-state index in [-0.39, 0.29) is 4.91 Å². The zero-order chi connectivity index (χ0) is 21.5. The Morgan fingerprint density at radius 1 is 1.07 bits per heavy atom. The van der Waals surface area contributed by atoms with Gasteiger partial charge in [-0.15, -0.1) is 5.10 Å². The van der Waals surface area contributed by atoms with Crippen molar-refractivity contribution in [1.82, 2.24) is 5.32 Å². The Morgan fingerprint density at radius 2 is 1.70 bits per heavy atom. The highest BCUT2D eigenvalue weighted by molar-refractivity contribution is 8.18. The maximum absolute atomic E-state index is 11.8. The highest BCUT2D eigenvalue weighted by Crippen LogP contribution is 2.26. The van der Waals surface area contributed by atoms with E-state index in [1.165, 1.54) is 7.11 Å². The summed E-state index contributed by atoms with van der Waals surface area (Å²) in [5, 5.41) is 10.8. The van der Waals surface area contributed by atoms with E-state index >= 15 is 0 Å². The lowest BCUT2D eigenvalue weighted by Crippen LogP contribution is -2.19. The van der Waals surface area contributed by atoms with Gasteiger partial charge in [-0.3, -0.25) is 10.1 Å². The molecule has 1 amide bonds. The Hall–Kier alpha value is -3.59. The molecule has 1 aliphatic heterocycles. The van der Waals surface area contributed by atoms with Gasteiger partial charge in [0.15, 0.2) is 5.17 Å². The lowest BCUT2D eigenvalue weighted by atomic mass is 10.2. The number of amidine groups is 1.